The number of methoxy groups -OCH3 is 2. The van der Waals surface area contributed by atoms with Gasteiger partial charge in [-0.1, -0.05) is 25.1 Å². The Morgan fingerprint density at radius 3 is 2.43 bits per heavy atom. The number of aromatic nitrogens is 5. The molecule has 0 bridgehead atoms. The molecule has 9 heteroatoms. The van der Waals surface area contributed by atoms with Crippen LogP contribution in [0.15, 0.2) is 22.7 Å². The first-order chi connectivity index (χ1) is 13.4. The van der Waals surface area contributed by atoms with Gasteiger partial charge in [0.2, 0.25) is 5.88 Å². The largest absolute Gasteiger partial charge is 0.468 e. The average Bonchev–Trinajstić information content (AvgIpc) is 3.05. The predicted octanol–water partition coefficient (Wildman–Crippen LogP) is 3.45. The third kappa shape index (κ3) is 4.31. The minimum Gasteiger partial charge on any atom is -0.468 e. The lowest BCUT2D eigenvalue weighted by molar-refractivity contribution is 0.0228. The Morgan fingerprint density at radius 2 is 1.82 bits per heavy atom. The molecule has 0 fully saturated rings. The van der Waals surface area contributed by atoms with Crippen molar-refractivity contribution in [2.24, 2.45) is 0 Å². The Kier molecular flexibility index (Phi) is 6.58. The Bertz CT molecular complexity index is 954. The van der Waals surface area contributed by atoms with Gasteiger partial charge in [0.15, 0.2) is 11.2 Å². The molecule has 0 spiro atoms. The maximum Gasteiger partial charge on any atom is 0.248 e. The van der Waals surface area contributed by atoms with E-state index < -0.39 is 0 Å². The second kappa shape index (κ2) is 8.93. The molecule has 1 aromatic carbocycles. The summed E-state index contributed by atoms with van der Waals surface area (Å²) in [4.78, 5) is 8.93. The quantitative estimate of drug-likeness (QED) is 0.520. The second-order valence-corrected chi connectivity index (χ2v) is 7.62. The summed E-state index contributed by atoms with van der Waals surface area (Å²) < 4.78 is 19.0. The first-order valence-corrected chi connectivity index (χ1v) is 9.78. The molecule has 28 heavy (non-hydrogen) atoms. The van der Waals surface area contributed by atoms with Crippen molar-refractivity contribution in [3.8, 4) is 11.6 Å². The lowest BCUT2D eigenvalue weighted by Crippen LogP contribution is -2.28. The first-order valence-electron chi connectivity index (χ1n) is 8.99. The normalized spacial score (nSPS) is 11.7. The van der Waals surface area contributed by atoms with Crippen LogP contribution in [0.5, 0.6) is 5.88 Å². The van der Waals surface area contributed by atoms with Crippen LogP contribution in [0.1, 0.15) is 31.2 Å². The fourth-order valence-electron chi connectivity index (χ4n) is 2.84. The molecule has 2 heterocycles. The minimum absolute atomic E-state index is 0.310. The molecule has 0 aliphatic rings. The average molecular weight is 450 g/mol. The van der Waals surface area contributed by atoms with Crippen LogP contribution in [-0.4, -0.2) is 58.5 Å². The molecule has 0 saturated heterocycles. The molecule has 0 N–H and O–H groups in total. The molecular formula is C19H24BrN5O3. The summed E-state index contributed by atoms with van der Waals surface area (Å²) in [5.74, 6) is 1.36. The molecule has 3 aromatic rings. The van der Waals surface area contributed by atoms with Gasteiger partial charge in [0.05, 0.1) is 18.9 Å². The van der Waals surface area contributed by atoms with Crippen LogP contribution in [0.2, 0.25) is 0 Å². The van der Waals surface area contributed by atoms with Gasteiger partial charge in [-0.05, 0) is 46.5 Å². The van der Waals surface area contributed by atoms with E-state index in [2.05, 4.69) is 62.2 Å². The van der Waals surface area contributed by atoms with Crippen LogP contribution >= 0.6 is 15.9 Å². The van der Waals surface area contributed by atoms with Crippen molar-refractivity contribution in [1.29, 1.82) is 0 Å². The highest BCUT2D eigenvalue weighted by atomic mass is 79.9. The zero-order chi connectivity index (χ0) is 20.3. The number of aryl methyl sites for hydroxylation is 1. The lowest BCUT2D eigenvalue weighted by Gasteiger charge is -2.17. The fraction of sp³-hybridized carbons (Fsp3) is 0.474. The van der Waals surface area contributed by atoms with Gasteiger partial charge in [0.25, 0.3) is 0 Å². The van der Waals surface area contributed by atoms with Gasteiger partial charge in [-0.2, -0.15) is 9.67 Å². The van der Waals surface area contributed by atoms with Crippen LogP contribution < -0.4 is 4.74 Å². The maximum atomic E-state index is 5.99. The molecule has 0 saturated carbocycles. The summed E-state index contributed by atoms with van der Waals surface area (Å²) in [6.07, 6.45) is -0.310. The van der Waals surface area contributed by atoms with Gasteiger partial charge in [0.1, 0.15) is 11.9 Å². The molecular weight excluding hydrogens is 426 g/mol. The first kappa shape index (κ1) is 20.6. The predicted molar refractivity (Wildman–Crippen MR) is 109 cm³/mol. The highest BCUT2D eigenvalue weighted by Gasteiger charge is 2.20. The van der Waals surface area contributed by atoms with Gasteiger partial charge in [-0.3, -0.25) is 0 Å². The molecule has 3 rings (SSSR count). The monoisotopic (exact) mass is 449 g/mol. The molecule has 150 valence electrons. The molecule has 0 amide bonds. The minimum atomic E-state index is -0.310. The second-order valence-electron chi connectivity index (χ2n) is 6.77. The van der Waals surface area contributed by atoms with Gasteiger partial charge < -0.3 is 14.2 Å². The molecule has 0 atom stereocenters. The number of hydrogen-bond acceptors (Lipinski definition) is 7. The summed E-state index contributed by atoms with van der Waals surface area (Å²) in [7, 11) is 3.23. The molecule has 0 aliphatic carbocycles. The van der Waals surface area contributed by atoms with Crippen LogP contribution in [0.25, 0.3) is 16.9 Å². The summed E-state index contributed by atoms with van der Waals surface area (Å²) in [5, 5.41) is 8.56. The Hall–Kier alpha value is -2.10. The van der Waals surface area contributed by atoms with Crippen LogP contribution in [-0.2, 0) is 9.47 Å². The van der Waals surface area contributed by atoms with Crippen molar-refractivity contribution >= 4 is 27.1 Å². The van der Waals surface area contributed by atoms with E-state index in [1.54, 1.807) is 18.9 Å². The highest BCUT2D eigenvalue weighted by Crippen LogP contribution is 2.29. The lowest BCUT2D eigenvalue weighted by atomic mass is 10.0. The maximum absolute atomic E-state index is 5.99. The zero-order valence-electron chi connectivity index (χ0n) is 16.6. The Balaban J connectivity index is 2.04. The standard InChI is InChI=1S/C19H24BrN5O3/c1-11(2)13-6-7-16(15(20)8-13)25-18-17(23-24-25)19(22-12(3)21-18)28-14(9-26-4)10-27-5/h6-8,11,14H,9-10H2,1-5H3. The van der Waals surface area contributed by atoms with E-state index in [0.717, 1.165) is 10.2 Å². The van der Waals surface area contributed by atoms with E-state index in [0.29, 0.717) is 42.0 Å². The van der Waals surface area contributed by atoms with E-state index in [4.69, 9.17) is 14.2 Å². The Morgan fingerprint density at radius 1 is 1.11 bits per heavy atom. The molecule has 0 aliphatic heterocycles. The fourth-order valence-corrected chi connectivity index (χ4v) is 3.40. The highest BCUT2D eigenvalue weighted by molar-refractivity contribution is 9.10. The van der Waals surface area contributed by atoms with Crippen molar-refractivity contribution in [1.82, 2.24) is 25.0 Å². The number of fused-ring (bicyclic) bond motifs is 1. The number of rotatable bonds is 8. The molecule has 0 unspecified atom stereocenters. The number of benzene rings is 1. The van der Waals surface area contributed by atoms with E-state index in [1.807, 2.05) is 13.0 Å². The summed E-state index contributed by atoms with van der Waals surface area (Å²) in [6, 6.07) is 6.17. The summed E-state index contributed by atoms with van der Waals surface area (Å²) in [5.41, 5.74) is 3.15. The van der Waals surface area contributed by atoms with Crippen LogP contribution in [0.4, 0.5) is 0 Å². The van der Waals surface area contributed by atoms with Gasteiger partial charge in [-0.25, -0.2) is 4.98 Å². The van der Waals surface area contributed by atoms with Crippen molar-refractivity contribution in [3.63, 3.8) is 0 Å². The molecule has 0 radical (unpaired) electrons. The SMILES string of the molecule is COCC(COC)Oc1nc(C)nc2c1nnn2-c1ccc(C(C)C)cc1Br. The Labute approximate surface area is 172 Å². The number of hydrogen-bond donors (Lipinski definition) is 0. The number of ether oxygens (including phenoxy) is 3. The van der Waals surface area contributed by atoms with Gasteiger partial charge in [-0.15, -0.1) is 5.10 Å². The van der Waals surface area contributed by atoms with E-state index >= 15 is 0 Å². The molecule has 2 aromatic heterocycles. The topological polar surface area (TPSA) is 84.2 Å². The van der Waals surface area contributed by atoms with E-state index in [1.165, 1.54) is 5.56 Å². The third-order valence-electron chi connectivity index (χ3n) is 4.23. The number of halogens is 1. The van der Waals surface area contributed by atoms with Crippen LogP contribution in [0.3, 0.4) is 0 Å². The smallest absolute Gasteiger partial charge is 0.248 e. The van der Waals surface area contributed by atoms with Crippen molar-refractivity contribution in [2.75, 3.05) is 27.4 Å². The van der Waals surface area contributed by atoms with Crippen molar-refractivity contribution < 1.29 is 14.2 Å². The van der Waals surface area contributed by atoms with Crippen molar-refractivity contribution in [3.05, 3.63) is 34.1 Å². The van der Waals surface area contributed by atoms with Gasteiger partial charge >= 0.3 is 0 Å². The third-order valence-corrected chi connectivity index (χ3v) is 4.87. The summed E-state index contributed by atoms with van der Waals surface area (Å²) in [6.45, 7) is 6.86. The van der Waals surface area contributed by atoms with Gasteiger partial charge in [0, 0.05) is 18.7 Å². The molecule has 8 nitrogen and oxygen atoms in total. The summed E-state index contributed by atoms with van der Waals surface area (Å²) >= 11 is 3.64. The van der Waals surface area contributed by atoms with E-state index in [-0.39, 0.29) is 6.10 Å². The number of nitrogens with zero attached hydrogens (tertiary/aromatic N) is 5. The van der Waals surface area contributed by atoms with Crippen molar-refractivity contribution in [2.45, 2.75) is 32.8 Å². The zero-order valence-corrected chi connectivity index (χ0v) is 18.2. The van der Waals surface area contributed by atoms with Crippen LogP contribution in [0, 0.1) is 6.92 Å². The van der Waals surface area contributed by atoms with E-state index in [9.17, 15) is 0 Å².